The summed E-state index contributed by atoms with van der Waals surface area (Å²) in [4.78, 5) is 13.6. The summed E-state index contributed by atoms with van der Waals surface area (Å²) in [6, 6.07) is 5.90. The van der Waals surface area contributed by atoms with E-state index in [9.17, 15) is 4.79 Å². The summed E-state index contributed by atoms with van der Waals surface area (Å²) in [5, 5.41) is 4.10. The number of carbonyl (C=O) groups excluding carboxylic acids is 1. The van der Waals surface area contributed by atoms with Gasteiger partial charge in [0, 0.05) is 31.2 Å². The van der Waals surface area contributed by atoms with Gasteiger partial charge in [0.1, 0.15) is 0 Å². The first-order valence-electron chi connectivity index (χ1n) is 7.18. The molecule has 2 fully saturated rings. The predicted octanol–water partition coefficient (Wildman–Crippen LogP) is 1.87. The molecule has 0 aromatic heterocycles. The first kappa shape index (κ1) is 13.7. The van der Waals surface area contributed by atoms with Crippen LogP contribution >= 0.6 is 11.6 Å². The molecule has 1 aromatic carbocycles. The van der Waals surface area contributed by atoms with Crippen molar-refractivity contribution in [3.8, 4) is 0 Å². The second-order valence-corrected chi connectivity index (χ2v) is 6.15. The van der Waals surface area contributed by atoms with Crippen molar-refractivity contribution in [1.29, 1.82) is 0 Å². The molecular formula is C15H20ClN3O. The van der Waals surface area contributed by atoms with Gasteiger partial charge in [-0.15, -0.1) is 0 Å². The summed E-state index contributed by atoms with van der Waals surface area (Å²) in [6.07, 6.45) is 1.11. The molecule has 0 saturated carbocycles. The van der Waals surface area contributed by atoms with Gasteiger partial charge in [-0.3, -0.25) is 4.79 Å². The van der Waals surface area contributed by atoms with E-state index in [-0.39, 0.29) is 0 Å². The molecule has 0 radical (unpaired) electrons. The molecule has 3 unspecified atom stereocenters. The Bertz CT molecular complexity index is 534. The summed E-state index contributed by atoms with van der Waals surface area (Å²) in [7, 11) is 0. The van der Waals surface area contributed by atoms with Crippen molar-refractivity contribution in [3.05, 3.63) is 28.8 Å². The smallest absolute Gasteiger partial charge is 0.248 e. The standard InChI is InChI=1S/C15H20ClN3O/c1-2-13-11-7-18-6-10(11)8-19(13)14-4-3-9(15(17)20)5-12(14)16/h3-5,10-11,13,18H,2,6-8H2,1H3,(H2,17,20). The van der Waals surface area contributed by atoms with E-state index in [0.29, 0.717) is 28.5 Å². The number of primary amides is 1. The number of amides is 1. The van der Waals surface area contributed by atoms with Crippen molar-refractivity contribution in [2.24, 2.45) is 17.6 Å². The lowest BCUT2D eigenvalue weighted by molar-refractivity contribution is 0.100. The highest BCUT2D eigenvalue weighted by Crippen LogP contribution is 2.40. The normalized spacial score (nSPS) is 28.7. The molecule has 108 valence electrons. The lowest BCUT2D eigenvalue weighted by Crippen LogP contribution is -2.35. The maximum absolute atomic E-state index is 11.2. The Labute approximate surface area is 124 Å². The molecule has 0 bridgehead atoms. The molecule has 3 rings (SSSR count). The number of hydrogen-bond acceptors (Lipinski definition) is 3. The lowest BCUT2D eigenvalue weighted by atomic mass is 9.93. The van der Waals surface area contributed by atoms with Crippen LogP contribution < -0.4 is 16.0 Å². The molecule has 3 N–H and O–H groups in total. The third kappa shape index (κ3) is 2.17. The molecule has 1 aromatic rings. The minimum Gasteiger partial charge on any atom is -0.367 e. The zero-order valence-corrected chi connectivity index (χ0v) is 12.4. The molecule has 20 heavy (non-hydrogen) atoms. The number of hydrogen-bond donors (Lipinski definition) is 2. The summed E-state index contributed by atoms with van der Waals surface area (Å²) in [6.45, 7) is 5.45. The highest BCUT2D eigenvalue weighted by atomic mass is 35.5. The Morgan fingerprint density at radius 3 is 2.95 bits per heavy atom. The van der Waals surface area contributed by atoms with Crippen molar-refractivity contribution >= 4 is 23.2 Å². The van der Waals surface area contributed by atoms with Crippen LogP contribution in [-0.4, -0.2) is 31.6 Å². The molecule has 3 atom stereocenters. The summed E-state index contributed by atoms with van der Waals surface area (Å²) in [5.41, 5.74) is 6.79. The van der Waals surface area contributed by atoms with Crippen molar-refractivity contribution in [3.63, 3.8) is 0 Å². The van der Waals surface area contributed by atoms with E-state index in [2.05, 4.69) is 17.1 Å². The van der Waals surface area contributed by atoms with Crippen LogP contribution in [0.1, 0.15) is 23.7 Å². The third-order valence-corrected chi connectivity index (χ3v) is 4.98. The van der Waals surface area contributed by atoms with E-state index in [0.717, 1.165) is 31.7 Å². The van der Waals surface area contributed by atoms with E-state index >= 15 is 0 Å². The Kier molecular flexibility index (Phi) is 3.61. The van der Waals surface area contributed by atoms with E-state index < -0.39 is 5.91 Å². The Hall–Kier alpha value is -1.26. The number of nitrogens with one attached hydrogen (secondary N) is 1. The second-order valence-electron chi connectivity index (χ2n) is 5.74. The SMILES string of the molecule is CCC1C2CNCC2CN1c1ccc(C(N)=O)cc1Cl. The summed E-state index contributed by atoms with van der Waals surface area (Å²) in [5.74, 6) is 0.965. The van der Waals surface area contributed by atoms with E-state index in [4.69, 9.17) is 17.3 Å². The molecular weight excluding hydrogens is 274 g/mol. The Morgan fingerprint density at radius 1 is 1.50 bits per heavy atom. The zero-order chi connectivity index (χ0) is 14.3. The van der Waals surface area contributed by atoms with E-state index in [1.54, 1.807) is 12.1 Å². The lowest BCUT2D eigenvalue weighted by Gasteiger charge is -2.29. The topological polar surface area (TPSA) is 58.4 Å². The van der Waals surface area contributed by atoms with Gasteiger partial charge < -0.3 is 16.0 Å². The molecule has 2 aliphatic heterocycles. The fraction of sp³-hybridized carbons (Fsp3) is 0.533. The highest BCUT2D eigenvalue weighted by Gasteiger charge is 2.43. The third-order valence-electron chi connectivity index (χ3n) is 4.68. The first-order chi connectivity index (χ1) is 9.61. The van der Waals surface area contributed by atoms with Gasteiger partial charge in [0.05, 0.1) is 10.7 Å². The number of anilines is 1. The molecule has 2 heterocycles. The number of carbonyl (C=O) groups is 1. The van der Waals surface area contributed by atoms with Gasteiger partial charge in [-0.25, -0.2) is 0 Å². The molecule has 0 aliphatic carbocycles. The van der Waals surface area contributed by atoms with Gasteiger partial charge in [0.25, 0.3) is 0 Å². The van der Waals surface area contributed by atoms with Gasteiger partial charge in [-0.2, -0.15) is 0 Å². The fourth-order valence-electron chi connectivity index (χ4n) is 3.72. The van der Waals surface area contributed by atoms with Gasteiger partial charge >= 0.3 is 0 Å². The number of benzene rings is 1. The minimum absolute atomic E-state index is 0.437. The van der Waals surface area contributed by atoms with Crippen LogP contribution in [0.3, 0.4) is 0 Å². The van der Waals surface area contributed by atoms with Gasteiger partial charge in [-0.1, -0.05) is 18.5 Å². The van der Waals surface area contributed by atoms with Gasteiger partial charge in [-0.05, 0) is 36.5 Å². The highest BCUT2D eigenvalue weighted by molar-refractivity contribution is 6.33. The van der Waals surface area contributed by atoms with Crippen LogP contribution in [0.25, 0.3) is 0 Å². The Morgan fingerprint density at radius 2 is 2.30 bits per heavy atom. The molecule has 2 aliphatic rings. The summed E-state index contributed by atoms with van der Waals surface area (Å²) < 4.78 is 0. The van der Waals surface area contributed by atoms with Crippen LogP contribution in [0.2, 0.25) is 5.02 Å². The van der Waals surface area contributed by atoms with Crippen LogP contribution in [0, 0.1) is 11.8 Å². The van der Waals surface area contributed by atoms with Crippen LogP contribution in [0.5, 0.6) is 0 Å². The maximum Gasteiger partial charge on any atom is 0.248 e. The van der Waals surface area contributed by atoms with Gasteiger partial charge in [0.15, 0.2) is 0 Å². The average molecular weight is 294 g/mol. The van der Waals surface area contributed by atoms with Crippen LogP contribution in [0.4, 0.5) is 5.69 Å². The fourth-order valence-corrected chi connectivity index (χ4v) is 4.01. The average Bonchev–Trinajstić information content (AvgIpc) is 2.98. The number of halogens is 1. The number of nitrogens with zero attached hydrogens (tertiary/aromatic N) is 1. The number of nitrogens with two attached hydrogens (primary N) is 1. The Balaban J connectivity index is 1.91. The van der Waals surface area contributed by atoms with Crippen molar-refractivity contribution in [1.82, 2.24) is 5.32 Å². The molecule has 5 heteroatoms. The molecule has 0 spiro atoms. The summed E-state index contributed by atoms with van der Waals surface area (Å²) >= 11 is 6.37. The quantitative estimate of drug-likeness (QED) is 0.894. The van der Waals surface area contributed by atoms with Crippen molar-refractivity contribution in [2.45, 2.75) is 19.4 Å². The number of rotatable bonds is 3. The van der Waals surface area contributed by atoms with E-state index in [1.165, 1.54) is 0 Å². The van der Waals surface area contributed by atoms with Crippen LogP contribution in [-0.2, 0) is 0 Å². The first-order valence-corrected chi connectivity index (χ1v) is 7.56. The second kappa shape index (κ2) is 5.26. The van der Waals surface area contributed by atoms with E-state index in [1.807, 2.05) is 6.07 Å². The van der Waals surface area contributed by atoms with Gasteiger partial charge in [0.2, 0.25) is 5.91 Å². The van der Waals surface area contributed by atoms with Crippen LogP contribution in [0.15, 0.2) is 18.2 Å². The monoisotopic (exact) mass is 293 g/mol. The molecule has 1 amide bonds. The zero-order valence-electron chi connectivity index (χ0n) is 11.6. The predicted molar refractivity (Wildman–Crippen MR) is 81.2 cm³/mol. The molecule has 4 nitrogen and oxygen atoms in total. The van der Waals surface area contributed by atoms with Crippen molar-refractivity contribution < 1.29 is 4.79 Å². The number of fused-ring (bicyclic) bond motifs is 1. The minimum atomic E-state index is -0.437. The van der Waals surface area contributed by atoms with Crippen molar-refractivity contribution in [2.75, 3.05) is 24.5 Å². The maximum atomic E-state index is 11.2. The molecule has 2 saturated heterocycles. The largest absolute Gasteiger partial charge is 0.367 e.